The number of imidazole rings is 1. The van der Waals surface area contributed by atoms with E-state index in [9.17, 15) is 0 Å². The molecule has 6 aromatic rings. The molecule has 6 rings (SSSR count). The van der Waals surface area contributed by atoms with Crippen molar-refractivity contribution in [3.8, 4) is 5.82 Å². The summed E-state index contributed by atoms with van der Waals surface area (Å²) in [5.41, 5.74) is 4.36. The lowest BCUT2D eigenvalue weighted by atomic mass is 10.1. The summed E-state index contributed by atoms with van der Waals surface area (Å²) >= 11 is 5.76. The maximum absolute atomic E-state index is 5.76. The number of fused-ring (bicyclic) bond motifs is 1. The molecule has 0 aliphatic carbocycles. The van der Waals surface area contributed by atoms with Crippen LogP contribution in [-0.4, -0.2) is 29.5 Å². The van der Waals surface area contributed by atoms with Crippen molar-refractivity contribution in [3.05, 3.63) is 132 Å². The van der Waals surface area contributed by atoms with E-state index in [2.05, 4.69) is 73.7 Å². The van der Waals surface area contributed by atoms with E-state index >= 15 is 0 Å². The number of benzene rings is 3. The highest BCUT2D eigenvalue weighted by Gasteiger charge is 2.09. The van der Waals surface area contributed by atoms with Crippen molar-refractivity contribution in [2.45, 2.75) is 25.9 Å². The molecule has 3 aromatic carbocycles. The summed E-state index contributed by atoms with van der Waals surface area (Å²) in [7, 11) is 0. The van der Waals surface area contributed by atoms with Crippen molar-refractivity contribution in [3.63, 3.8) is 0 Å². The average molecular weight is 549 g/mol. The van der Waals surface area contributed by atoms with E-state index in [-0.39, 0.29) is 12.1 Å². The second kappa shape index (κ2) is 12.8. The van der Waals surface area contributed by atoms with Gasteiger partial charge in [-0.15, -0.1) is 0 Å². The third-order valence-electron chi connectivity index (χ3n) is 6.26. The largest absolute Gasteiger partial charge is 0.362 e. The molecule has 0 radical (unpaired) electrons. The van der Waals surface area contributed by atoms with E-state index in [1.807, 2.05) is 65.2 Å². The van der Waals surface area contributed by atoms with Crippen molar-refractivity contribution in [1.82, 2.24) is 29.5 Å². The molecule has 0 bridgehead atoms. The monoisotopic (exact) mass is 548 g/mol. The maximum Gasteiger partial charge on any atom is 0.159 e. The molecule has 3 aromatic heterocycles. The summed E-state index contributed by atoms with van der Waals surface area (Å²) in [4.78, 5) is 21.5. The summed E-state index contributed by atoms with van der Waals surface area (Å²) in [6, 6.07) is 28.7. The molecule has 8 nitrogen and oxygen atoms in total. The average Bonchev–Trinajstić information content (AvgIpc) is 3.43. The van der Waals surface area contributed by atoms with Gasteiger partial charge in [-0.25, -0.2) is 15.0 Å². The van der Waals surface area contributed by atoms with Crippen molar-refractivity contribution in [2.24, 2.45) is 0 Å². The second-order valence-corrected chi connectivity index (χ2v) is 9.53. The molecule has 0 unspecified atom stereocenters. The van der Waals surface area contributed by atoms with E-state index in [0.717, 1.165) is 22.7 Å². The SMILES string of the molecule is C[C@@H](Nc1cncc(-n2cnc3ccccc32)n1)c1ccccc1.C[C@@H](Nc1cncc(Cl)n1)c1ccccc1. The number of nitrogens with one attached hydrogen (secondary N) is 2. The zero-order valence-corrected chi connectivity index (χ0v) is 22.9. The molecule has 0 saturated carbocycles. The number of nitrogens with zero attached hydrogens (tertiary/aromatic N) is 6. The highest BCUT2D eigenvalue weighted by atomic mass is 35.5. The molecule has 40 heavy (non-hydrogen) atoms. The number of anilines is 2. The Morgan fingerprint density at radius 1 is 0.650 bits per heavy atom. The molecule has 200 valence electrons. The molecular weight excluding hydrogens is 520 g/mol. The molecule has 0 amide bonds. The van der Waals surface area contributed by atoms with Crippen LogP contribution >= 0.6 is 11.6 Å². The van der Waals surface area contributed by atoms with Gasteiger partial charge in [-0.1, -0.05) is 84.4 Å². The summed E-state index contributed by atoms with van der Waals surface area (Å²) in [6.07, 6.45) is 8.43. The molecule has 0 aliphatic rings. The van der Waals surface area contributed by atoms with Gasteiger partial charge in [-0.3, -0.25) is 14.5 Å². The van der Waals surface area contributed by atoms with Crippen molar-refractivity contribution in [2.75, 3.05) is 10.6 Å². The quantitative estimate of drug-likeness (QED) is 0.216. The number of rotatable bonds is 7. The first-order valence-corrected chi connectivity index (χ1v) is 13.3. The fourth-order valence-corrected chi connectivity index (χ4v) is 4.34. The van der Waals surface area contributed by atoms with Gasteiger partial charge in [0.25, 0.3) is 0 Å². The first kappa shape index (κ1) is 26.8. The molecule has 3 heterocycles. The highest BCUT2D eigenvalue weighted by Crippen LogP contribution is 2.20. The van der Waals surface area contributed by atoms with Crippen LogP contribution < -0.4 is 10.6 Å². The minimum Gasteiger partial charge on any atom is -0.362 e. The summed E-state index contributed by atoms with van der Waals surface area (Å²) in [5, 5.41) is 7.04. The lowest BCUT2D eigenvalue weighted by Crippen LogP contribution is -2.09. The number of aromatic nitrogens is 6. The van der Waals surface area contributed by atoms with Crippen LogP contribution in [0.3, 0.4) is 0 Å². The fraction of sp³-hybridized carbons (Fsp3) is 0.129. The normalized spacial score (nSPS) is 12.2. The number of halogens is 1. The Balaban J connectivity index is 0.000000176. The van der Waals surface area contributed by atoms with Crippen LogP contribution in [0.4, 0.5) is 11.6 Å². The first-order valence-electron chi connectivity index (χ1n) is 12.9. The summed E-state index contributed by atoms with van der Waals surface area (Å²) in [5.74, 6) is 2.17. The Morgan fingerprint density at radius 3 is 1.82 bits per heavy atom. The fourth-order valence-electron chi connectivity index (χ4n) is 4.19. The molecule has 2 N–H and O–H groups in total. The zero-order chi connectivity index (χ0) is 27.7. The third kappa shape index (κ3) is 6.78. The van der Waals surface area contributed by atoms with Crippen LogP contribution in [0.2, 0.25) is 5.15 Å². The van der Waals surface area contributed by atoms with E-state index in [1.54, 1.807) is 24.9 Å². The number of para-hydroxylation sites is 2. The predicted molar refractivity (Wildman–Crippen MR) is 161 cm³/mol. The van der Waals surface area contributed by atoms with Crippen LogP contribution in [0, 0.1) is 0 Å². The Kier molecular flexibility index (Phi) is 8.58. The van der Waals surface area contributed by atoms with Gasteiger partial charge < -0.3 is 10.6 Å². The Hall–Kier alpha value is -4.82. The summed E-state index contributed by atoms with van der Waals surface area (Å²) < 4.78 is 1.95. The summed E-state index contributed by atoms with van der Waals surface area (Å²) in [6.45, 7) is 4.17. The van der Waals surface area contributed by atoms with Crippen molar-refractivity contribution < 1.29 is 0 Å². The van der Waals surface area contributed by atoms with Crippen molar-refractivity contribution in [1.29, 1.82) is 0 Å². The van der Waals surface area contributed by atoms with Gasteiger partial charge in [-0.05, 0) is 37.1 Å². The molecule has 0 spiro atoms. The smallest absolute Gasteiger partial charge is 0.159 e. The molecule has 0 aliphatic heterocycles. The van der Waals surface area contributed by atoms with Crippen LogP contribution in [0.15, 0.2) is 116 Å². The van der Waals surface area contributed by atoms with Gasteiger partial charge in [0.2, 0.25) is 0 Å². The maximum atomic E-state index is 5.76. The number of hydrogen-bond donors (Lipinski definition) is 2. The molecule has 9 heteroatoms. The minimum atomic E-state index is 0.148. The van der Waals surface area contributed by atoms with E-state index in [4.69, 9.17) is 11.6 Å². The van der Waals surface area contributed by atoms with Crippen LogP contribution in [0.5, 0.6) is 0 Å². The van der Waals surface area contributed by atoms with Crippen LogP contribution in [-0.2, 0) is 0 Å². The van der Waals surface area contributed by atoms with E-state index < -0.39 is 0 Å². The molecular formula is C31H29ClN8. The lowest BCUT2D eigenvalue weighted by Gasteiger charge is -2.15. The van der Waals surface area contributed by atoms with Gasteiger partial charge in [0.15, 0.2) is 5.82 Å². The van der Waals surface area contributed by atoms with Gasteiger partial charge in [0.05, 0.1) is 35.8 Å². The lowest BCUT2D eigenvalue weighted by molar-refractivity contribution is 0.865. The predicted octanol–water partition coefficient (Wildman–Crippen LogP) is 7.29. The minimum absolute atomic E-state index is 0.148. The zero-order valence-electron chi connectivity index (χ0n) is 22.2. The van der Waals surface area contributed by atoms with Crippen LogP contribution in [0.1, 0.15) is 37.1 Å². The molecule has 2 atom stereocenters. The third-order valence-corrected chi connectivity index (χ3v) is 6.44. The molecule has 0 saturated heterocycles. The van der Waals surface area contributed by atoms with E-state index in [1.165, 1.54) is 17.3 Å². The second-order valence-electron chi connectivity index (χ2n) is 9.15. The van der Waals surface area contributed by atoms with Gasteiger partial charge in [0.1, 0.15) is 23.1 Å². The van der Waals surface area contributed by atoms with Gasteiger partial charge in [0, 0.05) is 12.1 Å². The standard InChI is InChI=1S/C19H17N5.C12H12ClN3/c1-14(15-7-3-2-4-8-15)22-18-11-20-12-19(23-18)24-13-21-16-9-5-6-10-17(16)24;1-9(10-5-3-2-4-6-10)15-12-8-14-7-11(13)16-12/h2-14H,1H3,(H,22,23);2-9H,1H3,(H,15,16)/t14-;9-/m11/s1. The van der Waals surface area contributed by atoms with Crippen LogP contribution in [0.25, 0.3) is 16.9 Å². The topological polar surface area (TPSA) is 93.4 Å². The molecule has 0 fully saturated rings. The first-order chi connectivity index (χ1) is 19.6. The van der Waals surface area contributed by atoms with Crippen molar-refractivity contribution >= 4 is 34.3 Å². The van der Waals surface area contributed by atoms with Gasteiger partial charge >= 0.3 is 0 Å². The van der Waals surface area contributed by atoms with Gasteiger partial charge in [-0.2, -0.15) is 0 Å². The van der Waals surface area contributed by atoms with E-state index in [0.29, 0.717) is 11.0 Å². The Bertz CT molecular complexity index is 1660. The Morgan fingerprint density at radius 2 is 1.20 bits per heavy atom. The number of hydrogen-bond acceptors (Lipinski definition) is 7. The Labute approximate surface area is 238 Å². The highest BCUT2D eigenvalue weighted by molar-refractivity contribution is 6.29.